The quantitative estimate of drug-likeness (QED) is 0.794. The summed E-state index contributed by atoms with van der Waals surface area (Å²) >= 11 is 0. The molecule has 0 fully saturated rings. The number of hydrogen-bond donors (Lipinski definition) is 2. The van der Waals surface area contributed by atoms with Crippen molar-refractivity contribution in [1.82, 2.24) is 5.32 Å². The van der Waals surface area contributed by atoms with Gasteiger partial charge >= 0.3 is 5.97 Å². The number of carbonyl (C=O) groups is 2. The third kappa shape index (κ3) is 2.85. The van der Waals surface area contributed by atoms with E-state index in [9.17, 15) is 9.59 Å². The third-order valence-corrected chi connectivity index (χ3v) is 2.45. The molecular formula is C11H15NO4. The average Bonchev–Trinajstić information content (AvgIpc) is 2.64. The van der Waals surface area contributed by atoms with E-state index in [-0.39, 0.29) is 12.5 Å². The van der Waals surface area contributed by atoms with Gasteiger partial charge in [-0.15, -0.1) is 0 Å². The van der Waals surface area contributed by atoms with Crippen LogP contribution in [-0.2, 0) is 4.79 Å². The van der Waals surface area contributed by atoms with E-state index < -0.39 is 11.9 Å². The summed E-state index contributed by atoms with van der Waals surface area (Å²) in [6.45, 7) is 3.59. The Morgan fingerprint density at radius 3 is 2.69 bits per heavy atom. The van der Waals surface area contributed by atoms with E-state index in [1.54, 1.807) is 19.9 Å². The summed E-state index contributed by atoms with van der Waals surface area (Å²) in [5, 5.41) is 11.4. The second-order valence-corrected chi connectivity index (χ2v) is 3.54. The van der Waals surface area contributed by atoms with Gasteiger partial charge in [0.1, 0.15) is 5.76 Å². The van der Waals surface area contributed by atoms with E-state index >= 15 is 0 Å². The largest absolute Gasteiger partial charge is 0.481 e. The first-order valence-electron chi connectivity index (χ1n) is 5.11. The Labute approximate surface area is 93.4 Å². The molecule has 1 unspecified atom stereocenters. The lowest BCUT2D eigenvalue weighted by Gasteiger charge is -2.10. The number of nitrogens with one attached hydrogen (secondary N) is 1. The molecule has 5 heteroatoms. The van der Waals surface area contributed by atoms with E-state index in [4.69, 9.17) is 9.52 Å². The zero-order valence-corrected chi connectivity index (χ0v) is 9.32. The Balaban J connectivity index is 2.53. The molecule has 0 aliphatic carbocycles. The molecule has 1 amide bonds. The molecule has 1 aromatic rings. The SMILES string of the molecule is CCC(CNC(=O)c1ccoc1C)C(=O)O. The van der Waals surface area contributed by atoms with Gasteiger partial charge in [0.25, 0.3) is 5.91 Å². The normalized spacial score (nSPS) is 12.1. The molecule has 0 spiro atoms. The molecular weight excluding hydrogens is 210 g/mol. The van der Waals surface area contributed by atoms with E-state index in [0.717, 1.165) is 0 Å². The van der Waals surface area contributed by atoms with Crippen molar-refractivity contribution in [3.8, 4) is 0 Å². The molecule has 0 bridgehead atoms. The Kier molecular flexibility index (Phi) is 4.10. The predicted molar refractivity (Wildman–Crippen MR) is 57.2 cm³/mol. The van der Waals surface area contributed by atoms with Crippen LogP contribution >= 0.6 is 0 Å². The van der Waals surface area contributed by atoms with Crippen molar-refractivity contribution in [3.05, 3.63) is 23.7 Å². The summed E-state index contributed by atoms with van der Waals surface area (Å²) in [7, 11) is 0. The van der Waals surface area contributed by atoms with Crippen LogP contribution in [-0.4, -0.2) is 23.5 Å². The summed E-state index contributed by atoms with van der Waals surface area (Å²) < 4.78 is 4.99. The maximum absolute atomic E-state index is 11.6. The van der Waals surface area contributed by atoms with Crippen LogP contribution in [0.5, 0.6) is 0 Å². The summed E-state index contributed by atoms with van der Waals surface area (Å²) in [6.07, 6.45) is 1.92. The van der Waals surface area contributed by atoms with Gasteiger partial charge in [-0.2, -0.15) is 0 Å². The van der Waals surface area contributed by atoms with Crippen LogP contribution in [0.3, 0.4) is 0 Å². The minimum Gasteiger partial charge on any atom is -0.481 e. The second kappa shape index (κ2) is 5.34. The van der Waals surface area contributed by atoms with Gasteiger partial charge in [0.05, 0.1) is 17.7 Å². The van der Waals surface area contributed by atoms with Gasteiger partial charge in [0.2, 0.25) is 0 Å². The first kappa shape index (κ1) is 12.3. The first-order chi connectivity index (χ1) is 7.56. The van der Waals surface area contributed by atoms with Crippen LogP contribution in [0.15, 0.2) is 16.7 Å². The van der Waals surface area contributed by atoms with Crippen LogP contribution in [0.4, 0.5) is 0 Å². The molecule has 1 rings (SSSR count). The van der Waals surface area contributed by atoms with Crippen molar-refractivity contribution in [3.63, 3.8) is 0 Å². The minimum absolute atomic E-state index is 0.134. The molecule has 0 radical (unpaired) electrons. The van der Waals surface area contributed by atoms with Crippen molar-refractivity contribution in [2.24, 2.45) is 5.92 Å². The molecule has 0 aliphatic rings. The lowest BCUT2D eigenvalue weighted by Crippen LogP contribution is -2.32. The molecule has 2 N–H and O–H groups in total. The van der Waals surface area contributed by atoms with E-state index in [1.165, 1.54) is 6.26 Å². The van der Waals surface area contributed by atoms with Crippen molar-refractivity contribution < 1.29 is 19.1 Å². The third-order valence-electron chi connectivity index (χ3n) is 2.45. The number of rotatable bonds is 5. The molecule has 0 saturated carbocycles. The fraction of sp³-hybridized carbons (Fsp3) is 0.455. The smallest absolute Gasteiger partial charge is 0.308 e. The monoisotopic (exact) mass is 225 g/mol. The molecule has 16 heavy (non-hydrogen) atoms. The highest BCUT2D eigenvalue weighted by Gasteiger charge is 2.17. The number of hydrogen-bond acceptors (Lipinski definition) is 3. The summed E-state index contributed by atoms with van der Waals surface area (Å²) in [5.41, 5.74) is 0.445. The standard InChI is InChI=1S/C11H15NO4/c1-3-8(11(14)15)6-12-10(13)9-4-5-16-7(9)2/h4-5,8H,3,6H2,1-2H3,(H,12,13)(H,14,15). The topological polar surface area (TPSA) is 79.5 Å². The van der Waals surface area contributed by atoms with Crippen molar-refractivity contribution >= 4 is 11.9 Å². The maximum Gasteiger partial charge on any atom is 0.308 e. The highest BCUT2D eigenvalue weighted by molar-refractivity contribution is 5.95. The van der Waals surface area contributed by atoms with E-state index in [0.29, 0.717) is 17.7 Å². The number of furan rings is 1. The van der Waals surface area contributed by atoms with Crippen LogP contribution in [0.25, 0.3) is 0 Å². The number of aryl methyl sites for hydroxylation is 1. The summed E-state index contributed by atoms with van der Waals surface area (Å²) in [4.78, 5) is 22.3. The lowest BCUT2D eigenvalue weighted by molar-refractivity contribution is -0.141. The van der Waals surface area contributed by atoms with Crippen molar-refractivity contribution in [2.75, 3.05) is 6.54 Å². The molecule has 0 aromatic carbocycles. The van der Waals surface area contributed by atoms with Gasteiger partial charge in [-0.05, 0) is 19.4 Å². The molecule has 1 atom stereocenters. The average molecular weight is 225 g/mol. The first-order valence-corrected chi connectivity index (χ1v) is 5.11. The fourth-order valence-corrected chi connectivity index (χ4v) is 1.34. The van der Waals surface area contributed by atoms with Gasteiger partial charge in [-0.25, -0.2) is 0 Å². The molecule has 5 nitrogen and oxygen atoms in total. The maximum atomic E-state index is 11.6. The van der Waals surface area contributed by atoms with Crippen molar-refractivity contribution in [2.45, 2.75) is 20.3 Å². The van der Waals surface area contributed by atoms with Gasteiger partial charge in [-0.1, -0.05) is 6.92 Å². The van der Waals surface area contributed by atoms with Gasteiger partial charge in [0.15, 0.2) is 0 Å². The second-order valence-electron chi connectivity index (χ2n) is 3.54. The molecule has 88 valence electrons. The Morgan fingerprint density at radius 1 is 1.56 bits per heavy atom. The fourth-order valence-electron chi connectivity index (χ4n) is 1.34. The van der Waals surface area contributed by atoms with Crippen LogP contribution in [0.1, 0.15) is 29.5 Å². The zero-order chi connectivity index (χ0) is 12.1. The lowest BCUT2D eigenvalue weighted by atomic mass is 10.1. The number of carboxylic acid groups (broad SMARTS) is 1. The Morgan fingerprint density at radius 2 is 2.25 bits per heavy atom. The van der Waals surface area contributed by atoms with E-state index in [1.807, 2.05) is 0 Å². The number of carbonyl (C=O) groups excluding carboxylic acids is 1. The van der Waals surface area contributed by atoms with Gasteiger partial charge < -0.3 is 14.8 Å². The van der Waals surface area contributed by atoms with Gasteiger partial charge in [-0.3, -0.25) is 9.59 Å². The Bertz CT molecular complexity index is 383. The van der Waals surface area contributed by atoms with Crippen LogP contribution in [0.2, 0.25) is 0 Å². The molecule has 0 aliphatic heterocycles. The summed E-state index contributed by atoms with van der Waals surface area (Å²) in [5.74, 6) is -1.21. The number of carboxylic acids is 1. The highest BCUT2D eigenvalue weighted by atomic mass is 16.4. The van der Waals surface area contributed by atoms with E-state index in [2.05, 4.69) is 5.32 Å². The highest BCUT2D eigenvalue weighted by Crippen LogP contribution is 2.08. The molecule has 0 saturated heterocycles. The van der Waals surface area contributed by atoms with Crippen LogP contribution < -0.4 is 5.32 Å². The minimum atomic E-state index is -0.897. The zero-order valence-electron chi connectivity index (χ0n) is 9.32. The predicted octanol–water partition coefficient (Wildman–Crippen LogP) is 1.43. The molecule has 1 aromatic heterocycles. The Hall–Kier alpha value is -1.78. The van der Waals surface area contributed by atoms with Gasteiger partial charge in [0, 0.05) is 6.54 Å². The van der Waals surface area contributed by atoms with Crippen LogP contribution in [0, 0.1) is 12.8 Å². The number of aliphatic carboxylic acids is 1. The van der Waals surface area contributed by atoms with Crippen molar-refractivity contribution in [1.29, 1.82) is 0 Å². The summed E-state index contributed by atoms with van der Waals surface area (Å²) in [6, 6.07) is 1.56. The number of amides is 1. The molecule has 1 heterocycles.